The number of nitrogens with one attached hydrogen (secondary N) is 3. The minimum absolute atomic E-state index is 0.0832. The Morgan fingerprint density at radius 1 is 0.862 bits per heavy atom. The highest BCUT2D eigenvalue weighted by molar-refractivity contribution is 6.09. The van der Waals surface area contributed by atoms with Gasteiger partial charge in [0.15, 0.2) is 0 Å². The van der Waals surface area contributed by atoms with Crippen LogP contribution in [-0.2, 0) is 4.79 Å². The van der Waals surface area contributed by atoms with Gasteiger partial charge in [-0.2, -0.15) is 0 Å². The summed E-state index contributed by atoms with van der Waals surface area (Å²) in [5.74, 6) is -0.554. The first kappa shape index (κ1) is 20.6. The number of anilines is 2. The summed E-state index contributed by atoms with van der Waals surface area (Å²) in [6.07, 6.45) is 5.89. The Morgan fingerprint density at radius 3 is 2.24 bits per heavy atom. The topological polar surface area (TPSA) is 87.3 Å². The average molecular weight is 393 g/mol. The summed E-state index contributed by atoms with van der Waals surface area (Å²) in [4.78, 5) is 36.8. The normalized spacial score (nSPS) is 14.1. The van der Waals surface area contributed by atoms with Crippen molar-refractivity contribution in [3.8, 4) is 0 Å². The first-order valence-corrected chi connectivity index (χ1v) is 10.2. The molecule has 1 saturated carbocycles. The van der Waals surface area contributed by atoms with Crippen LogP contribution in [0.2, 0.25) is 0 Å². The number of benzene rings is 2. The Hall–Kier alpha value is -3.15. The second-order valence-electron chi connectivity index (χ2n) is 7.29. The van der Waals surface area contributed by atoms with E-state index in [0.29, 0.717) is 28.9 Å². The predicted octanol–water partition coefficient (Wildman–Crippen LogP) is 4.35. The van der Waals surface area contributed by atoms with Gasteiger partial charge in [-0.3, -0.25) is 14.4 Å². The van der Waals surface area contributed by atoms with Gasteiger partial charge in [0.2, 0.25) is 5.91 Å². The van der Waals surface area contributed by atoms with Gasteiger partial charge in [-0.25, -0.2) is 0 Å². The molecule has 1 aliphatic rings. The van der Waals surface area contributed by atoms with E-state index in [-0.39, 0.29) is 23.8 Å². The van der Waals surface area contributed by atoms with Gasteiger partial charge in [-0.1, -0.05) is 38.3 Å². The molecule has 0 saturated heterocycles. The maximum Gasteiger partial charge on any atom is 0.255 e. The molecule has 0 spiro atoms. The lowest BCUT2D eigenvalue weighted by Crippen LogP contribution is -2.36. The van der Waals surface area contributed by atoms with E-state index in [2.05, 4.69) is 16.0 Å². The Kier molecular flexibility index (Phi) is 7.00. The number of amides is 3. The molecule has 3 rings (SSSR count). The summed E-state index contributed by atoms with van der Waals surface area (Å²) >= 11 is 0. The van der Waals surface area contributed by atoms with Crippen molar-refractivity contribution in [2.24, 2.45) is 0 Å². The number of hydrogen-bond acceptors (Lipinski definition) is 3. The summed E-state index contributed by atoms with van der Waals surface area (Å²) in [5.41, 5.74) is 2.02. The summed E-state index contributed by atoms with van der Waals surface area (Å²) in [7, 11) is 0. The Balaban J connectivity index is 1.67. The average Bonchev–Trinajstić information content (AvgIpc) is 2.75. The zero-order chi connectivity index (χ0) is 20.6. The van der Waals surface area contributed by atoms with Crippen molar-refractivity contribution in [2.75, 3.05) is 10.6 Å². The monoisotopic (exact) mass is 393 g/mol. The molecule has 1 fully saturated rings. The summed E-state index contributed by atoms with van der Waals surface area (Å²) < 4.78 is 0. The third-order valence-electron chi connectivity index (χ3n) is 5.11. The van der Waals surface area contributed by atoms with E-state index in [0.717, 1.165) is 25.7 Å². The molecule has 0 aromatic heterocycles. The minimum atomic E-state index is -0.309. The number of carbonyl (C=O) groups is 3. The molecule has 0 radical (unpaired) electrons. The quantitative estimate of drug-likeness (QED) is 0.682. The van der Waals surface area contributed by atoms with E-state index in [9.17, 15) is 14.4 Å². The van der Waals surface area contributed by atoms with E-state index < -0.39 is 0 Å². The van der Waals surface area contributed by atoms with Gasteiger partial charge < -0.3 is 16.0 Å². The van der Waals surface area contributed by atoms with Crippen molar-refractivity contribution in [1.29, 1.82) is 0 Å². The summed E-state index contributed by atoms with van der Waals surface area (Å²) in [6.45, 7) is 1.78. The molecule has 0 atom stereocenters. The molecule has 2 aromatic rings. The molecule has 6 nitrogen and oxygen atoms in total. The lowest BCUT2D eigenvalue weighted by atomic mass is 9.95. The predicted molar refractivity (Wildman–Crippen MR) is 114 cm³/mol. The first-order chi connectivity index (χ1) is 14.1. The van der Waals surface area contributed by atoms with Crippen LogP contribution in [-0.4, -0.2) is 23.8 Å². The highest BCUT2D eigenvalue weighted by Gasteiger charge is 2.19. The fourth-order valence-electron chi connectivity index (χ4n) is 3.45. The molecule has 152 valence electrons. The first-order valence-electron chi connectivity index (χ1n) is 10.2. The SMILES string of the molecule is CCC(=O)Nc1ccc(C(=O)Nc2ccccc2C(=O)NC2CCCCC2)cc1. The van der Waals surface area contributed by atoms with Crippen LogP contribution in [0.25, 0.3) is 0 Å². The summed E-state index contributed by atoms with van der Waals surface area (Å²) in [6, 6.07) is 13.9. The molecule has 0 unspecified atom stereocenters. The van der Waals surface area contributed by atoms with Crippen LogP contribution in [0.15, 0.2) is 48.5 Å². The third-order valence-corrected chi connectivity index (χ3v) is 5.11. The van der Waals surface area contributed by atoms with E-state index in [4.69, 9.17) is 0 Å². The van der Waals surface area contributed by atoms with Crippen LogP contribution < -0.4 is 16.0 Å². The smallest absolute Gasteiger partial charge is 0.255 e. The van der Waals surface area contributed by atoms with Crippen molar-refractivity contribution in [2.45, 2.75) is 51.5 Å². The van der Waals surface area contributed by atoms with E-state index in [1.165, 1.54) is 6.42 Å². The zero-order valence-electron chi connectivity index (χ0n) is 16.7. The van der Waals surface area contributed by atoms with Crippen LogP contribution >= 0.6 is 0 Å². The molecule has 0 bridgehead atoms. The molecule has 0 heterocycles. The van der Waals surface area contributed by atoms with Gasteiger partial charge in [0.1, 0.15) is 0 Å². The Labute approximate surface area is 171 Å². The van der Waals surface area contributed by atoms with Crippen molar-refractivity contribution < 1.29 is 14.4 Å². The molecule has 2 aromatic carbocycles. The second-order valence-corrected chi connectivity index (χ2v) is 7.29. The molecule has 3 N–H and O–H groups in total. The summed E-state index contributed by atoms with van der Waals surface area (Å²) in [5, 5.41) is 8.67. The van der Waals surface area contributed by atoms with E-state index in [1.54, 1.807) is 55.5 Å². The van der Waals surface area contributed by atoms with Gasteiger partial charge in [0.25, 0.3) is 11.8 Å². The highest BCUT2D eigenvalue weighted by Crippen LogP contribution is 2.21. The largest absolute Gasteiger partial charge is 0.349 e. The molecule has 6 heteroatoms. The number of para-hydroxylation sites is 1. The fraction of sp³-hybridized carbons (Fsp3) is 0.348. The molecular weight excluding hydrogens is 366 g/mol. The number of hydrogen-bond donors (Lipinski definition) is 3. The van der Waals surface area contributed by atoms with E-state index in [1.807, 2.05) is 0 Å². The molecule has 1 aliphatic carbocycles. The highest BCUT2D eigenvalue weighted by atomic mass is 16.2. The zero-order valence-corrected chi connectivity index (χ0v) is 16.7. The standard InChI is InChI=1S/C23H27N3O3/c1-2-21(27)24-18-14-12-16(13-15-18)22(28)26-20-11-7-6-10-19(20)23(29)25-17-8-4-3-5-9-17/h6-7,10-15,17H,2-5,8-9H2,1H3,(H,24,27)(H,25,29)(H,26,28). The maximum atomic E-state index is 12.7. The Bertz CT molecular complexity index is 871. The van der Waals surface area contributed by atoms with Gasteiger partial charge >= 0.3 is 0 Å². The van der Waals surface area contributed by atoms with Crippen molar-refractivity contribution in [3.05, 3.63) is 59.7 Å². The Morgan fingerprint density at radius 2 is 1.55 bits per heavy atom. The van der Waals surface area contributed by atoms with Crippen LogP contribution in [0.1, 0.15) is 66.2 Å². The molecule has 29 heavy (non-hydrogen) atoms. The number of rotatable bonds is 6. The van der Waals surface area contributed by atoms with E-state index >= 15 is 0 Å². The molecule has 0 aliphatic heterocycles. The van der Waals surface area contributed by atoms with Crippen LogP contribution in [0.5, 0.6) is 0 Å². The van der Waals surface area contributed by atoms with Crippen molar-refractivity contribution in [3.63, 3.8) is 0 Å². The van der Waals surface area contributed by atoms with Crippen molar-refractivity contribution in [1.82, 2.24) is 5.32 Å². The number of carbonyl (C=O) groups excluding carboxylic acids is 3. The maximum absolute atomic E-state index is 12.7. The third kappa shape index (κ3) is 5.67. The van der Waals surface area contributed by atoms with Gasteiger partial charge in [0.05, 0.1) is 11.3 Å². The second kappa shape index (κ2) is 9.87. The van der Waals surface area contributed by atoms with Crippen molar-refractivity contribution >= 4 is 29.1 Å². The fourth-order valence-corrected chi connectivity index (χ4v) is 3.45. The van der Waals surface area contributed by atoms with Crippen LogP contribution in [0.4, 0.5) is 11.4 Å². The van der Waals surface area contributed by atoms with Gasteiger partial charge in [-0.15, -0.1) is 0 Å². The van der Waals surface area contributed by atoms with Gasteiger partial charge in [-0.05, 0) is 49.2 Å². The minimum Gasteiger partial charge on any atom is -0.349 e. The lowest BCUT2D eigenvalue weighted by Gasteiger charge is -2.23. The lowest BCUT2D eigenvalue weighted by molar-refractivity contribution is -0.115. The van der Waals surface area contributed by atoms with Gasteiger partial charge in [0, 0.05) is 23.7 Å². The van der Waals surface area contributed by atoms with Crippen LogP contribution in [0.3, 0.4) is 0 Å². The molecule has 3 amide bonds. The van der Waals surface area contributed by atoms with Crippen LogP contribution in [0, 0.1) is 0 Å². The molecular formula is C23H27N3O3.